The molecule has 1 heterocycles. The molecule has 0 saturated heterocycles. The zero-order chi connectivity index (χ0) is 20.4. The minimum atomic E-state index is -0.180. The van der Waals surface area contributed by atoms with Gasteiger partial charge in [-0.05, 0) is 48.7 Å². The lowest BCUT2D eigenvalue weighted by Gasteiger charge is -2.13. The van der Waals surface area contributed by atoms with Gasteiger partial charge in [0.05, 0.1) is 16.8 Å². The molecule has 0 aliphatic rings. The number of amides is 1. The molecule has 1 N–H and O–H groups in total. The van der Waals surface area contributed by atoms with Crippen LogP contribution in [-0.4, -0.2) is 10.9 Å². The van der Waals surface area contributed by atoms with E-state index in [1.807, 2.05) is 55.5 Å². The highest BCUT2D eigenvalue weighted by atomic mass is 35.5. The van der Waals surface area contributed by atoms with Gasteiger partial charge in [-0.15, -0.1) is 0 Å². The number of hydrogen-bond acceptors (Lipinski definition) is 2. The van der Waals surface area contributed by atoms with E-state index in [1.165, 1.54) is 5.56 Å². The normalized spacial score (nSPS) is 10.9. The molecule has 0 atom stereocenters. The highest BCUT2D eigenvalue weighted by Crippen LogP contribution is 2.28. The van der Waals surface area contributed by atoms with Crippen LogP contribution in [0.5, 0.6) is 0 Å². The third kappa shape index (κ3) is 3.87. The Labute approximate surface area is 175 Å². The molecule has 1 amide bonds. The summed E-state index contributed by atoms with van der Waals surface area (Å²) < 4.78 is 0. The fourth-order valence-electron chi connectivity index (χ4n) is 3.35. The molecule has 3 aromatic carbocycles. The average Bonchev–Trinajstić information content (AvgIpc) is 2.76. The third-order valence-electron chi connectivity index (χ3n) is 5.13. The second kappa shape index (κ2) is 8.06. The molecular weight excluding hydrogens is 380 g/mol. The fourth-order valence-corrected chi connectivity index (χ4v) is 3.53. The van der Waals surface area contributed by atoms with Gasteiger partial charge in [-0.2, -0.15) is 0 Å². The monoisotopic (exact) mass is 400 g/mol. The Morgan fingerprint density at radius 3 is 2.52 bits per heavy atom. The molecular formula is C25H21ClN2O. The summed E-state index contributed by atoms with van der Waals surface area (Å²) in [4.78, 5) is 18.0. The van der Waals surface area contributed by atoms with E-state index in [1.54, 1.807) is 0 Å². The van der Waals surface area contributed by atoms with Crippen molar-refractivity contribution >= 4 is 34.1 Å². The van der Waals surface area contributed by atoms with E-state index in [-0.39, 0.29) is 5.91 Å². The number of benzene rings is 3. The van der Waals surface area contributed by atoms with Crippen LogP contribution in [0, 0.1) is 6.92 Å². The Kier molecular flexibility index (Phi) is 5.32. The van der Waals surface area contributed by atoms with E-state index in [9.17, 15) is 4.79 Å². The number of halogens is 1. The van der Waals surface area contributed by atoms with Crippen LogP contribution in [0.2, 0.25) is 5.02 Å². The van der Waals surface area contributed by atoms with Crippen molar-refractivity contribution in [3.63, 3.8) is 0 Å². The predicted molar refractivity (Wildman–Crippen MR) is 121 cm³/mol. The van der Waals surface area contributed by atoms with E-state index < -0.39 is 0 Å². The zero-order valence-electron chi connectivity index (χ0n) is 16.4. The Bertz CT molecular complexity index is 1200. The summed E-state index contributed by atoms with van der Waals surface area (Å²) in [5, 5.41) is 4.45. The lowest BCUT2D eigenvalue weighted by atomic mass is 10.0. The maximum absolute atomic E-state index is 13.2. The number of aryl methyl sites for hydroxylation is 1. The van der Waals surface area contributed by atoms with Crippen LogP contribution in [0.1, 0.15) is 28.4 Å². The van der Waals surface area contributed by atoms with Crippen molar-refractivity contribution in [3.05, 3.63) is 94.5 Å². The molecule has 0 unspecified atom stereocenters. The van der Waals surface area contributed by atoms with Crippen molar-refractivity contribution in [1.29, 1.82) is 0 Å². The Balaban J connectivity index is 1.79. The standard InChI is InChI=1S/C25H21ClN2O/c1-3-17-11-13-18(14-12-17)24-15-20(19-7-4-5-9-23(19)27-24)25(29)28-22-10-6-8-21(26)16(22)2/h4-15H,3H2,1-2H3,(H,28,29). The fraction of sp³-hybridized carbons (Fsp3) is 0.120. The third-order valence-corrected chi connectivity index (χ3v) is 5.54. The molecule has 3 nitrogen and oxygen atoms in total. The lowest BCUT2D eigenvalue weighted by Crippen LogP contribution is -2.14. The second-order valence-electron chi connectivity index (χ2n) is 6.99. The van der Waals surface area contributed by atoms with Crippen molar-refractivity contribution in [2.45, 2.75) is 20.3 Å². The van der Waals surface area contributed by atoms with Crippen LogP contribution in [0.4, 0.5) is 5.69 Å². The number of carbonyl (C=O) groups excluding carboxylic acids is 1. The van der Waals surface area contributed by atoms with Gasteiger partial charge in [0.1, 0.15) is 0 Å². The topological polar surface area (TPSA) is 42.0 Å². The molecule has 0 saturated carbocycles. The number of aromatic nitrogens is 1. The summed E-state index contributed by atoms with van der Waals surface area (Å²) in [6.07, 6.45) is 0.984. The summed E-state index contributed by atoms with van der Waals surface area (Å²) >= 11 is 6.21. The lowest BCUT2D eigenvalue weighted by molar-refractivity contribution is 0.102. The Morgan fingerprint density at radius 1 is 1.00 bits per heavy atom. The van der Waals surface area contributed by atoms with Crippen molar-refractivity contribution in [2.24, 2.45) is 0 Å². The number of nitrogens with zero attached hydrogens (tertiary/aromatic N) is 1. The van der Waals surface area contributed by atoms with Gasteiger partial charge in [0.15, 0.2) is 0 Å². The Hall–Kier alpha value is -3.17. The van der Waals surface area contributed by atoms with Gasteiger partial charge in [0.25, 0.3) is 5.91 Å². The largest absolute Gasteiger partial charge is 0.322 e. The number of fused-ring (bicyclic) bond motifs is 1. The number of rotatable bonds is 4. The number of carbonyl (C=O) groups is 1. The van der Waals surface area contributed by atoms with Crippen LogP contribution in [0.3, 0.4) is 0 Å². The number of anilines is 1. The van der Waals surface area contributed by atoms with E-state index in [0.717, 1.165) is 34.1 Å². The summed E-state index contributed by atoms with van der Waals surface area (Å²) in [6.45, 7) is 4.02. The number of pyridine rings is 1. The molecule has 0 fully saturated rings. The number of hydrogen-bond donors (Lipinski definition) is 1. The van der Waals surface area contributed by atoms with Gasteiger partial charge in [-0.3, -0.25) is 4.79 Å². The summed E-state index contributed by atoms with van der Waals surface area (Å²) in [5.41, 5.74) is 5.96. The van der Waals surface area contributed by atoms with Crippen LogP contribution in [-0.2, 0) is 6.42 Å². The van der Waals surface area contributed by atoms with Gasteiger partial charge < -0.3 is 5.32 Å². The molecule has 0 bridgehead atoms. The molecule has 0 radical (unpaired) electrons. The maximum Gasteiger partial charge on any atom is 0.256 e. The zero-order valence-corrected chi connectivity index (χ0v) is 17.1. The second-order valence-corrected chi connectivity index (χ2v) is 7.40. The van der Waals surface area contributed by atoms with Gasteiger partial charge in [0.2, 0.25) is 0 Å². The molecule has 4 heteroatoms. The molecule has 4 aromatic rings. The first-order valence-corrected chi connectivity index (χ1v) is 10.00. The summed E-state index contributed by atoms with van der Waals surface area (Å²) in [6, 6.07) is 23.4. The minimum Gasteiger partial charge on any atom is -0.322 e. The molecule has 4 rings (SSSR count). The van der Waals surface area contributed by atoms with E-state index in [2.05, 4.69) is 36.5 Å². The first-order valence-electron chi connectivity index (χ1n) is 9.62. The Morgan fingerprint density at radius 2 is 1.76 bits per heavy atom. The van der Waals surface area contributed by atoms with Crippen LogP contribution in [0.25, 0.3) is 22.2 Å². The van der Waals surface area contributed by atoms with Gasteiger partial charge in [-0.1, -0.05) is 67.1 Å². The molecule has 0 aliphatic carbocycles. The van der Waals surface area contributed by atoms with E-state index in [0.29, 0.717) is 16.3 Å². The van der Waals surface area contributed by atoms with Crippen molar-refractivity contribution < 1.29 is 4.79 Å². The van der Waals surface area contributed by atoms with Crippen molar-refractivity contribution in [3.8, 4) is 11.3 Å². The van der Waals surface area contributed by atoms with E-state index >= 15 is 0 Å². The summed E-state index contributed by atoms with van der Waals surface area (Å²) in [7, 11) is 0. The van der Waals surface area contributed by atoms with Crippen LogP contribution >= 0.6 is 11.6 Å². The molecule has 1 aromatic heterocycles. The minimum absolute atomic E-state index is 0.180. The van der Waals surface area contributed by atoms with Crippen molar-refractivity contribution in [2.75, 3.05) is 5.32 Å². The number of nitrogens with one attached hydrogen (secondary N) is 1. The highest BCUT2D eigenvalue weighted by molar-refractivity contribution is 6.31. The quantitative estimate of drug-likeness (QED) is 0.415. The van der Waals surface area contributed by atoms with Crippen molar-refractivity contribution in [1.82, 2.24) is 4.98 Å². The average molecular weight is 401 g/mol. The van der Waals surface area contributed by atoms with Gasteiger partial charge in [0, 0.05) is 21.7 Å². The molecule has 0 spiro atoms. The molecule has 144 valence electrons. The number of para-hydroxylation sites is 1. The van der Waals surface area contributed by atoms with Gasteiger partial charge in [-0.25, -0.2) is 4.98 Å². The summed E-state index contributed by atoms with van der Waals surface area (Å²) in [5.74, 6) is -0.180. The SMILES string of the molecule is CCc1ccc(-c2cc(C(=O)Nc3cccc(Cl)c3C)c3ccccc3n2)cc1. The van der Waals surface area contributed by atoms with E-state index in [4.69, 9.17) is 16.6 Å². The molecule has 29 heavy (non-hydrogen) atoms. The van der Waals surface area contributed by atoms with Crippen LogP contribution < -0.4 is 5.32 Å². The van der Waals surface area contributed by atoms with Gasteiger partial charge >= 0.3 is 0 Å². The smallest absolute Gasteiger partial charge is 0.256 e. The highest BCUT2D eigenvalue weighted by Gasteiger charge is 2.15. The first kappa shape index (κ1) is 19.2. The van der Waals surface area contributed by atoms with Crippen LogP contribution in [0.15, 0.2) is 72.8 Å². The maximum atomic E-state index is 13.2. The predicted octanol–water partition coefficient (Wildman–Crippen LogP) is 6.68. The first-order chi connectivity index (χ1) is 14.1. The molecule has 0 aliphatic heterocycles.